The molecule has 3 rings (SSSR count). The number of hydrogen-bond acceptors (Lipinski definition) is 5. The van der Waals surface area contributed by atoms with Crippen LogP contribution in [0, 0.1) is 6.92 Å². The topological polar surface area (TPSA) is 117 Å². The van der Waals surface area contributed by atoms with Crippen LogP contribution in [0.2, 0.25) is 0 Å². The van der Waals surface area contributed by atoms with Crippen LogP contribution in [-0.2, 0) is 4.79 Å². The Hall–Kier alpha value is -3.94. The highest BCUT2D eigenvalue weighted by Gasteiger charge is 2.19. The van der Waals surface area contributed by atoms with Crippen molar-refractivity contribution in [1.82, 2.24) is 9.55 Å². The molecule has 0 fully saturated rings. The van der Waals surface area contributed by atoms with Gasteiger partial charge in [-0.15, -0.1) is 0 Å². The molecule has 1 aromatic heterocycles. The number of benzene rings is 2. The van der Waals surface area contributed by atoms with E-state index in [1.54, 1.807) is 62.4 Å². The molecule has 148 valence electrons. The zero-order chi connectivity index (χ0) is 21.1. The van der Waals surface area contributed by atoms with Crippen molar-refractivity contribution in [3.63, 3.8) is 0 Å². The van der Waals surface area contributed by atoms with E-state index in [1.807, 2.05) is 0 Å². The number of amides is 1. The van der Waals surface area contributed by atoms with Gasteiger partial charge in [-0.25, -0.2) is 9.36 Å². The van der Waals surface area contributed by atoms with Crippen LogP contribution in [0.1, 0.15) is 25.0 Å². The Balaban J connectivity index is 2.20. The molecule has 0 bridgehead atoms. The highest BCUT2D eigenvalue weighted by molar-refractivity contribution is 6.03. The van der Waals surface area contributed by atoms with Gasteiger partial charge in [0, 0.05) is 6.92 Å². The summed E-state index contributed by atoms with van der Waals surface area (Å²) in [7, 11) is 0. The Kier molecular flexibility index (Phi) is 5.45. The van der Waals surface area contributed by atoms with Crippen LogP contribution in [0.15, 0.2) is 63.1 Å². The molecule has 0 radical (unpaired) electrons. The number of aromatic hydroxyl groups is 1. The number of anilines is 1. The second kappa shape index (κ2) is 7.97. The molecule has 8 nitrogen and oxygen atoms in total. The van der Waals surface area contributed by atoms with Crippen LogP contribution < -0.4 is 16.6 Å². The number of aromatic nitrogens is 2. The van der Waals surface area contributed by atoms with Gasteiger partial charge in [0.2, 0.25) is 11.8 Å². The number of nitrogens with one attached hydrogen (secondary N) is 2. The fourth-order valence-corrected chi connectivity index (χ4v) is 2.99. The summed E-state index contributed by atoms with van der Waals surface area (Å²) in [6.45, 7) is 4.71. The zero-order valence-electron chi connectivity index (χ0n) is 16.2. The van der Waals surface area contributed by atoms with Gasteiger partial charge in [0.15, 0.2) is 0 Å². The molecule has 2 aromatic carbocycles. The smallest absolute Gasteiger partial charge is 0.335 e. The summed E-state index contributed by atoms with van der Waals surface area (Å²) >= 11 is 0. The molecule has 3 N–H and O–H groups in total. The predicted molar refractivity (Wildman–Crippen MR) is 112 cm³/mol. The highest BCUT2D eigenvalue weighted by atomic mass is 16.3. The lowest BCUT2D eigenvalue weighted by molar-refractivity contribution is -0.114. The summed E-state index contributed by atoms with van der Waals surface area (Å²) in [5, 5.41) is 13.4. The third-order valence-electron chi connectivity index (χ3n) is 4.31. The number of hydrogen-bond donors (Lipinski definition) is 3. The van der Waals surface area contributed by atoms with Crippen LogP contribution in [0.5, 0.6) is 5.88 Å². The first-order valence-electron chi connectivity index (χ1n) is 8.86. The molecule has 0 aliphatic rings. The predicted octanol–water partition coefficient (Wildman–Crippen LogP) is 2.64. The molecule has 0 atom stereocenters. The minimum absolute atomic E-state index is 0.134. The molecule has 1 amide bonds. The van der Waals surface area contributed by atoms with Gasteiger partial charge in [-0.2, -0.15) is 0 Å². The Morgan fingerprint density at radius 3 is 2.41 bits per heavy atom. The molecule has 0 saturated heterocycles. The van der Waals surface area contributed by atoms with Crippen LogP contribution >= 0.6 is 0 Å². The summed E-state index contributed by atoms with van der Waals surface area (Å²) in [5.74, 6) is -0.773. The van der Waals surface area contributed by atoms with Gasteiger partial charge in [0.05, 0.1) is 22.8 Å². The molecule has 1 heterocycles. The average Bonchev–Trinajstić information content (AvgIpc) is 2.64. The molecule has 0 aliphatic carbocycles. The van der Waals surface area contributed by atoms with E-state index in [9.17, 15) is 19.5 Å². The maximum atomic E-state index is 12.4. The van der Waals surface area contributed by atoms with Crippen LogP contribution in [0.4, 0.5) is 11.4 Å². The fraction of sp³-hybridized carbons (Fsp3) is 0.143. The number of aryl methyl sites for hydroxylation is 1. The SMILES string of the molecule is CC(=O)Nc1ccccc1N=C(C)c1c(O)n(-c2ccccc2C)c(=O)[nH]c1=O. The van der Waals surface area contributed by atoms with E-state index in [1.165, 1.54) is 6.92 Å². The monoisotopic (exact) mass is 392 g/mol. The fourth-order valence-electron chi connectivity index (χ4n) is 2.99. The molecular formula is C21H20N4O4. The number of H-pyrrole nitrogens is 1. The van der Waals surface area contributed by atoms with E-state index in [0.29, 0.717) is 17.1 Å². The van der Waals surface area contributed by atoms with Crippen LogP contribution in [-0.4, -0.2) is 26.3 Å². The van der Waals surface area contributed by atoms with Gasteiger partial charge < -0.3 is 10.4 Å². The van der Waals surface area contributed by atoms with Gasteiger partial charge in [-0.05, 0) is 37.6 Å². The van der Waals surface area contributed by atoms with E-state index in [0.717, 1.165) is 10.1 Å². The standard InChI is InChI=1S/C21H20N4O4/c1-12-8-4-7-11-17(12)25-20(28)18(19(27)24-21(25)29)13(2)22-15-9-5-6-10-16(15)23-14(3)26/h4-11,28H,1-3H3,(H,23,26)(H,24,27,29). The number of aliphatic imine (C=N–C) groups is 1. The van der Waals surface area contributed by atoms with Crippen molar-refractivity contribution in [2.24, 2.45) is 4.99 Å². The molecule has 8 heteroatoms. The number of para-hydroxylation sites is 3. The second-order valence-electron chi connectivity index (χ2n) is 6.48. The number of aromatic amines is 1. The van der Waals surface area contributed by atoms with Gasteiger partial charge >= 0.3 is 5.69 Å². The molecule has 0 spiro atoms. The Morgan fingerprint density at radius 2 is 1.72 bits per heavy atom. The van der Waals surface area contributed by atoms with Crippen LogP contribution in [0.3, 0.4) is 0 Å². The highest BCUT2D eigenvalue weighted by Crippen LogP contribution is 2.26. The van der Waals surface area contributed by atoms with Crippen molar-refractivity contribution in [2.45, 2.75) is 20.8 Å². The third-order valence-corrected chi connectivity index (χ3v) is 4.31. The summed E-state index contributed by atoms with van der Waals surface area (Å²) in [4.78, 5) is 42.9. The normalized spacial score (nSPS) is 11.3. The Morgan fingerprint density at radius 1 is 1.07 bits per heavy atom. The van der Waals surface area contributed by atoms with Crippen molar-refractivity contribution in [3.8, 4) is 11.6 Å². The summed E-state index contributed by atoms with van der Waals surface area (Å²) < 4.78 is 1.03. The van der Waals surface area contributed by atoms with Gasteiger partial charge in [-0.1, -0.05) is 30.3 Å². The maximum absolute atomic E-state index is 12.4. The molecular weight excluding hydrogens is 372 g/mol. The minimum Gasteiger partial charge on any atom is -0.493 e. The van der Waals surface area contributed by atoms with Gasteiger partial charge in [-0.3, -0.25) is 19.6 Å². The first-order chi connectivity index (χ1) is 13.8. The Bertz CT molecular complexity index is 1240. The van der Waals surface area contributed by atoms with E-state index in [4.69, 9.17) is 0 Å². The minimum atomic E-state index is -0.754. The second-order valence-corrected chi connectivity index (χ2v) is 6.48. The molecule has 0 aliphatic heterocycles. The van der Waals surface area contributed by atoms with Gasteiger partial charge in [0.25, 0.3) is 5.56 Å². The lowest BCUT2D eigenvalue weighted by Gasteiger charge is -2.13. The van der Waals surface area contributed by atoms with E-state index in [2.05, 4.69) is 15.3 Å². The largest absolute Gasteiger partial charge is 0.493 e. The third kappa shape index (κ3) is 4.01. The first-order valence-corrected chi connectivity index (χ1v) is 8.86. The van der Waals surface area contributed by atoms with E-state index in [-0.39, 0.29) is 17.2 Å². The van der Waals surface area contributed by atoms with Gasteiger partial charge in [0.1, 0.15) is 5.56 Å². The first kappa shape index (κ1) is 19.8. The lowest BCUT2D eigenvalue weighted by atomic mass is 10.1. The molecule has 29 heavy (non-hydrogen) atoms. The molecule has 0 unspecified atom stereocenters. The van der Waals surface area contributed by atoms with Crippen molar-refractivity contribution in [1.29, 1.82) is 0 Å². The van der Waals surface area contributed by atoms with Crippen LogP contribution in [0.25, 0.3) is 5.69 Å². The number of rotatable bonds is 4. The number of carbonyl (C=O) groups is 1. The van der Waals surface area contributed by atoms with Crippen molar-refractivity contribution in [3.05, 3.63) is 80.5 Å². The summed E-state index contributed by atoms with van der Waals surface area (Å²) in [6.07, 6.45) is 0. The van der Waals surface area contributed by atoms with Crippen molar-refractivity contribution >= 4 is 23.0 Å². The van der Waals surface area contributed by atoms with E-state index >= 15 is 0 Å². The summed E-state index contributed by atoms with van der Waals surface area (Å²) in [5.41, 5.74) is 0.601. The molecule has 0 saturated carbocycles. The number of carbonyl (C=O) groups excluding carboxylic acids is 1. The maximum Gasteiger partial charge on any atom is 0.335 e. The Labute approximate surface area is 166 Å². The molecule has 3 aromatic rings. The lowest BCUT2D eigenvalue weighted by Crippen LogP contribution is -2.33. The average molecular weight is 392 g/mol. The van der Waals surface area contributed by atoms with E-state index < -0.39 is 17.1 Å². The summed E-state index contributed by atoms with van der Waals surface area (Å²) in [6, 6.07) is 13.8. The number of nitrogens with zero attached hydrogens (tertiary/aromatic N) is 2. The quantitative estimate of drug-likeness (QED) is 0.592. The van der Waals surface area contributed by atoms with Crippen molar-refractivity contribution in [2.75, 3.05) is 5.32 Å². The van der Waals surface area contributed by atoms with Crippen molar-refractivity contribution < 1.29 is 9.90 Å². The zero-order valence-corrected chi connectivity index (χ0v) is 16.2.